The number of urea groups is 1. The van der Waals surface area contributed by atoms with Crippen LogP contribution in [0.5, 0.6) is 0 Å². The topological polar surface area (TPSA) is 32.3 Å². The van der Waals surface area contributed by atoms with Gasteiger partial charge in [-0.25, -0.2) is 4.79 Å². The predicted octanol–water partition coefficient (Wildman–Crippen LogP) is 2.62. The molecule has 0 aliphatic heterocycles. The zero-order valence-electron chi connectivity index (χ0n) is 10.5. The van der Waals surface area contributed by atoms with Crippen molar-refractivity contribution >= 4 is 6.03 Å². The van der Waals surface area contributed by atoms with Gasteiger partial charge in [0, 0.05) is 19.6 Å². The molecule has 1 rings (SSSR count). The van der Waals surface area contributed by atoms with E-state index in [1.54, 1.807) is 4.90 Å². The van der Waals surface area contributed by atoms with Gasteiger partial charge in [-0.3, -0.25) is 0 Å². The zero-order valence-corrected chi connectivity index (χ0v) is 10.5. The van der Waals surface area contributed by atoms with Crippen molar-refractivity contribution in [2.45, 2.75) is 52.5 Å². The summed E-state index contributed by atoms with van der Waals surface area (Å²) in [6.07, 6.45) is 4.67. The summed E-state index contributed by atoms with van der Waals surface area (Å²) in [5.74, 6) is 0. The lowest BCUT2D eigenvalue weighted by atomic mass is 9.76. The van der Waals surface area contributed by atoms with Crippen LogP contribution in [-0.2, 0) is 0 Å². The molecule has 0 atom stereocenters. The summed E-state index contributed by atoms with van der Waals surface area (Å²) in [7, 11) is 1.84. The lowest BCUT2D eigenvalue weighted by Crippen LogP contribution is -2.45. The number of amides is 2. The summed E-state index contributed by atoms with van der Waals surface area (Å²) >= 11 is 0. The van der Waals surface area contributed by atoms with Gasteiger partial charge < -0.3 is 10.2 Å². The monoisotopic (exact) mass is 212 g/mol. The van der Waals surface area contributed by atoms with E-state index in [1.807, 2.05) is 14.0 Å². The highest BCUT2D eigenvalue weighted by Gasteiger charge is 2.27. The van der Waals surface area contributed by atoms with Gasteiger partial charge in [-0.15, -0.1) is 0 Å². The first-order chi connectivity index (χ1) is 6.94. The number of hydrogen-bond acceptors (Lipinski definition) is 1. The Morgan fingerprint density at radius 1 is 1.40 bits per heavy atom. The Hall–Kier alpha value is -0.730. The molecule has 0 heterocycles. The molecule has 0 aromatic rings. The summed E-state index contributed by atoms with van der Waals surface area (Å²) in [4.78, 5) is 13.3. The molecule has 0 aromatic heterocycles. The summed E-state index contributed by atoms with van der Waals surface area (Å²) in [6, 6.07) is 0.460. The molecule has 0 saturated heterocycles. The number of nitrogens with zero attached hydrogens (tertiary/aromatic N) is 1. The SMILES string of the molecule is CCN(C)C(=O)NC1CCC(C)(C)CC1. The van der Waals surface area contributed by atoms with Gasteiger partial charge in [-0.1, -0.05) is 13.8 Å². The van der Waals surface area contributed by atoms with Crippen molar-refractivity contribution in [2.24, 2.45) is 5.41 Å². The average Bonchev–Trinajstić information content (AvgIpc) is 2.20. The van der Waals surface area contributed by atoms with E-state index in [0.29, 0.717) is 11.5 Å². The molecule has 0 radical (unpaired) electrons. The van der Waals surface area contributed by atoms with E-state index >= 15 is 0 Å². The Kier molecular flexibility index (Phi) is 4.00. The number of hydrogen-bond donors (Lipinski definition) is 1. The van der Waals surface area contributed by atoms with E-state index in [0.717, 1.165) is 19.4 Å². The minimum atomic E-state index is 0.0715. The van der Waals surface area contributed by atoms with Crippen LogP contribution in [0.3, 0.4) is 0 Å². The van der Waals surface area contributed by atoms with Gasteiger partial charge in [0.1, 0.15) is 0 Å². The molecular weight excluding hydrogens is 188 g/mol. The van der Waals surface area contributed by atoms with Gasteiger partial charge in [-0.2, -0.15) is 0 Å². The van der Waals surface area contributed by atoms with Crippen molar-refractivity contribution in [1.29, 1.82) is 0 Å². The van der Waals surface area contributed by atoms with Gasteiger partial charge in [0.25, 0.3) is 0 Å². The van der Waals surface area contributed by atoms with Crippen molar-refractivity contribution in [3.8, 4) is 0 Å². The lowest BCUT2D eigenvalue weighted by Gasteiger charge is -2.35. The second-order valence-corrected chi connectivity index (χ2v) is 5.40. The third-order valence-electron chi connectivity index (χ3n) is 3.49. The third kappa shape index (κ3) is 3.73. The Bertz CT molecular complexity index is 216. The minimum Gasteiger partial charge on any atom is -0.335 e. The smallest absolute Gasteiger partial charge is 0.317 e. The van der Waals surface area contributed by atoms with Crippen LogP contribution in [0.2, 0.25) is 0 Å². The molecule has 3 nitrogen and oxygen atoms in total. The second-order valence-electron chi connectivity index (χ2n) is 5.40. The van der Waals surface area contributed by atoms with Gasteiger partial charge >= 0.3 is 6.03 Å². The Morgan fingerprint density at radius 3 is 2.40 bits per heavy atom. The van der Waals surface area contributed by atoms with Crippen molar-refractivity contribution < 1.29 is 4.79 Å². The molecule has 3 heteroatoms. The van der Waals surface area contributed by atoms with Gasteiger partial charge in [0.15, 0.2) is 0 Å². The highest BCUT2D eigenvalue weighted by molar-refractivity contribution is 5.74. The number of carbonyl (C=O) groups is 1. The molecule has 1 aliphatic rings. The molecule has 0 unspecified atom stereocenters. The number of nitrogens with one attached hydrogen (secondary N) is 1. The molecule has 1 aliphatic carbocycles. The first kappa shape index (κ1) is 12.3. The maximum Gasteiger partial charge on any atom is 0.317 e. The van der Waals surface area contributed by atoms with Crippen molar-refractivity contribution in [3.63, 3.8) is 0 Å². The second kappa shape index (κ2) is 4.86. The largest absolute Gasteiger partial charge is 0.335 e. The first-order valence-corrected chi connectivity index (χ1v) is 5.96. The van der Waals surface area contributed by atoms with E-state index in [-0.39, 0.29) is 6.03 Å². The maximum absolute atomic E-state index is 11.6. The summed E-state index contributed by atoms with van der Waals surface area (Å²) in [5, 5.41) is 3.09. The van der Waals surface area contributed by atoms with E-state index in [1.165, 1.54) is 12.8 Å². The molecule has 0 spiro atoms. The third-order valence-corrected chi connectivity index (χ3v) is 3.49. The van der Waals surface area contributed by atoms with E-state index in [2.05, 4.69) is 19.2 Å². The van der Waals surface area contributed by atoms with Crippen LogP contribution in [0.15, 0.2) is 0 Å². The molecule has 1 fully saturated rings. The highest BCUT2D eigenvalue weighted by Crippen LogP contribution is 2.34. The molecule has 1 saturated carbocycles. The van der Waals surface area contributed by atoms with Crippen molar-refractivity contribution in [2.75, 3.05) is 13.6 Å². The Balaban J connectivity index is 2.33. The highest BCUT2D eigenvalue weighted by atomic mass is 16.2. The lowest BCUT2D eigenvalue weighted by molar-refractivity contribution is 0.181. The van der Waals surface area contributed by atoms with Crippen LogP contribution in [0.4, 0.5) is 4.79 Å². The van der Waals surface area contributed by atoms with E-state index in [4.69, 9.17) is 0 Å². The van der Waals surface area contributed by atoms with Gasteiger partial charge in [-0.05, 0) is 38.0 Å². The van der Waals surface area contributed by atoms with Gasteiger partial charge in [0.05, 0.1) is 0 Å². The van der Waals surface area contributed by atoms with E-state index in [9.17, 15) is 4.79 Å². The molecule has 2 amide bonds. The van der Waals surface area contributed by atoms with E-state index < -0.39 is 0 Å². The maximum atomic E-state index is 11.6. The van der Waals surface area contributed by atoms with Crippen LogP contribution in [0, 0.1) is 5.41 Å². The Morgan fingerprint density at radius 2 is 1.93 bits per heavy atom. The fourth-order valence-corrected chi connectivity index (χ4v) is 1.97. The fourth-order valence-electron chi connectivity index (χ4n) is 1.97. The van der Waals surface area contributed by atoms with Crippen LogP contribution in [-0.4, -0.2) is 30.6 Å². The quantitative estimate of drug-likeness (QED) is 0.749. The van der Waals surface area contributed by atoms with Crippen LogP contribution >= 0.6 is 0 Å². The molecule has 88 valence electrons. The molecule has 0 aromatic carbocycles. The molecule has 0 bridgehead atoms. The normalized spacial score (nSPS) is 21.1. The minimum absolute atomic E-state index is 0.0715. The number of carbonyl (C=O) groups excluding carboxylic acids is 1. The van der Waals surface area contributed by atoms with Crippen LogP contribution in [0.1, 0.15) is 46.5 Å². The van der Waals surface area contributed by atoms with Crippen molar-refractivity contribution in [3.05, 3.63) is 0 Å². The predicted molar refractivity (Wildman–Crippen MR) is 62.9 cm³/mol. The fraction of sp³-hybridized carbons (Fsp3) is 0.917. The van der Waals surface area contributed by atoms with Crippen LogP contribution < -0.4 is 5.32 Å². The molecule has 15 heavy (non-hydrogen) atoms. The zero-order chi connectivity index (χ0) is 11.5. The summed E-state index contributed by atoms with van der Waals surface area (Å²) < 4.78 is 0. The van der Waals surface area contributed by atoms with Crippen LogP contribution in [0.25, 0.3) is 0 Å². The number of rotatable bonds is 2. The molecular formula is C12H24N2O. The Labute approximate surface area is 93.2 Å². The van der Waals surface area contributed by atoms with Crippen molar-refractivity contribution in [1.82, 2.24) is 10.2 Å². The van der Waals surface area contributed by atoms with Gasteiger partial charge in [0.2, 0.25) is 0 Å². The summed E-state index contributed by atoms with van der Waals surface area (Å²) in [5.41, 5.74) is 0.470. The molecule has 1 N–H and O–H groups in total. The first-order valence-electron chi connectivity index (χ1n) is 5.96. The average molecular weight is 212 g/mol. The standard InChI is InChI=1S/C12H24N2O/c1-5-14(4)11(15)13-10-6-8-12(2,3)9-7-10/h10H,5-9H2,1-4H3,(H,13,15). The summed E-state index contributed by atoms with van der Waals surface area (Å²) in [6.45, 7) is 7.38.